The van der Waals surface area contributed by atoms with Crippen LogP contribution >= 0.6 is 0 Å². The van der Waals surface area contributed by atoms with Crippen LogP contribution in [-0.4, -0.2) is 11.6 Å². The average Bonchev–Trinajstić information content (AvgIpc) is 2.14. The lowest BCUT2D eigenvalue weighted by Gasteiger charge is -2.56. The molecule has 1 saturated carbocycles. The van der Waals surface area contributed by atoms with Gasteiger partial charge in [-0.05, 0) is 38.5 Å². The van der Waals surface area contributed by atoms with Crippen molar-refractivity contribution >= 4 is 5.97 Å². The van der Waals surface area contributed by atoms with E-state index in [4.69, 9.17) is 4.74 Å². The van der Waals surface area contributed by atoms with Crippen LogP contribution in [0, 0.1) is 10.8 Å². The molecule has 2 heteroatoms. The first-order chi connectivity index (χ1) is 7.53. The second-order valence-electron chi connectivity index (χ2n) is 6.76. The molecule has 0 aromatic rings. The summed E-state index contributed by atoms with van der Waals surface area (Å²) in [5, 5.41) is 0. The van der Waals surface area contributed by atoms with Gasteiger partial charge in [-0.15, -0.1) is 0 Å². The first-order valence-electron chi connectivity index (χ1n) is 6.42. The molecule has 0 N–H and O–H groups in total. The van der Waals surface area contributed by atoms with Crippen molar-refractivity contribution in [2.75, 3.05) is 0 Å². The Morgan fingerprint density at radius 3 is 2.12 bits per heavy atom. The molecule has 1 unspecified atom stereocenters. The van der Waals surface area contributed by atoms with Crippen molar-refractivity contribution in [1.29, 1.82) is 0 Å². The quantitative estimate of drug-likeness (QED) is 0.535. The number of carbonyl (C=O) groups excluding carboxylic acids is 1. The number of esters is 1. The summed E-state index contributed by atoms with van der Waals surface area (Å²) in [4.78, 5) is 11.8. The van der Waals surface area contributed by atoms with Gasteiger partial charge in [-0.25, -0.2) is 4.79 Å². The summed E-state index contributed by atoms with van der Waals surface area (Å²) in [6.45, 7) is 16.4. The molecule has 0 spiro atoms. The molecule has 1 rings (SSSR count). The monoisotopic (exact) mass is 238 g/mol. The highest BCUT2D eigenvalue weighted by atomic mass is 16.6. The van der Waals surface area contributed by atoms with Crippen molar-refractivity contribution in [2.24, 2.45) is 10.8 Å². The lowest BCUT2D eigenvalue weighted by Crippen LogP contribution is -2.56. The molecule has 2 nitrogen and oxygen atoms in total. The van der Waals surface area contributed by atoms with E-state index in [1.807, 2.05) is 0 Å². The zero-order chi connectivity index (χ0) is 13.5. The van der Waals surface area contributed by atoms with Gasteiger partial charge >= 0.3 is 5.97 Å². The van der Waals surface area contributed by atoms with Crippen LogP contribution in [0.2, 0.25) is 0 Å². The zero-order valence-electron chi connectivity index (χ0n) is 12.1. The molecule has 1 aliphatic rings. The van der Waals surface area contributed by atoms with Crippen LogP contribution in [0.1, 0.15) is 60.8 Å². The van der Waals surface area contributed by atoms with Gasteiger partial charge < -0.3 is 4.74 Å². The van der Waals surface area contributed by atoms with Crippen LogP contribution in [0.3, 0.4) is 0 Å². The van der Waals surface area contributed by atoms with E-state index in [0.29, 0.717) is 5.57 Å². The lowest BCUT2D eigenvalue weighted by atomic mass is 9.53. The average molecular weight is 238 g/mol. The molecule has 0 aliphatic heterocycles. The van der Waals surface area contributed by atoms with Gasteiger partial charge in [0.15, 0.2) is 0 Å². The molecule has 0 radical (unpaired) electrons. The van der Waals surface area contributed by atoms with Gasteiger partial charge in [-0.3, -0.25) is 0 Å². The topological polar surface area (TPSA) is 26.3 Å². The Labute approximate surface area is 105 Å². The molecule has 1 aliphatic carbocycles. The number of hydrogen-bond donors (Lipinski definition) is 0. The van der Waals surface area contributed by atoms with Crippen LogP contribution in [0.4, 0.5) is 0 Å². The van der Waals surface area contributed by atoms with Crippen molar-refractivity contribution in [3.05, 3.63) is 12.2 Å². The Morgan fingerprint density at radius 1 is 1.12 bits per heavy atom. The predicted octanol–water partition coefficient (Wildman–Crippen LogP) is 4.10. The molecule has 0 bridgehead atoms. The van der Waals surface area contributed by atoms with Crippen LogP contribution in [0.15, 0.2) is 12.2 Å². The molecule has 1 fully saturated rings. The summed E-state index contributed by atoms with van der Waals surface area (Å²) in [5.74, 6) is -0.265. The highest BCUT2D eigenvalue weighted by Crippen LogP contribution is 2.56. The van der Waals surface area contributed by atoms with Crippen LogP contribution in [-0.2, 0) is 9.53 Å². The number of carbonyl (C=O) groups is 1. The molecule has 0 aromatic carbocycles. The van der Waals surface area contributed by atoms with E-state index in [2.05, 4.69) is 41.2 Å². The molecular formula is C15H26O2. The SMILES string of the molecule is C=C(C)C(=O)OC1(C)CCCC(C)(C)C1(C)C. The molecule has 0 heterocycles. The van der Waals surface area contributed by atoms with E-state index in [9.17, 15) is 4.79 Å². The standard InChI is InChI=1S/C15H26O2/c1-11(2)12(16)17-15(7)10-8-9-13(3,4)14(15,5)6/h1,8-10H2,2-7H3. The fourth-order valence-electron chi connectivity index (χ4n) is 2.68. The van der Waals surface area contributed by atoms with Gasteiger partial charge in [0.05, 0.1) is 0 Å². The first kappa shape index (κ1) is 14.3. The summed E-state index contributed by atoms with van der Waals surface area (Å²) < 4.78 is 5.75. The zero-order valence-corrected chi connectivity index (χ0v) is 12.1. The largest absolute Gasteiger partial charge is 0.455 e. The van der Waals surface area contributed by atoms with Crippen molar-refractivity contribution in [3.8, 4) is 0 Å². The van der Waals surface area contributed by atoms with Gasteiger partial charge in [0.25, 0.3) is 0 Å². The lowest BCUT2D eigenvalue weighted by molar-refractivity contribution is -0.192. The Hall–Kier alpha value is -0.790. The third kappa shape index (κ3) is 2.27. The van der Waals surface area contributed by atoms with E-state index in [0.717, 1.165) is 12.8 Å². The van der Waals surface area contributed by atoms with Crippen molar-refractivity contribution in [3.63, 3.8) is 0 Å². The summed E-state index contributed by atoms with van der Waals surface area (Å²) >= 11 is 0. The van der Waals surface area contributed by atoms with Crippen molar-refractivity contribution in [2.45, 2.75) is 66.4 Å². The molecule has 0 amide bonds. The van der Waals surface area contributed by atoms with Crippen molar-refractivity contribution < 1.29 is 9.53 Å². The van der Waals surface area contributed by atoms with E-state index in [-0.39, 0.29) is 16.8 Å². The Bertz CT molecular complexity index is 339. The number of ether oxygens (including phenoxy) is 1. The third-order valence-electron chi connectivity index (χ3n) is 5.14. The molecule has 98 valence electrons. The van der Waals surface area contributed by atoms with E-state index >= 15 is 0 Å². The minimum atomic E-state index is -0.398. The minimum Gasteiger partial charge on any atom is -0.455 e. The molecule has 17 heavy (non-hydrogen) atoms. The fraction of sp³-hybridized carbons (Fsp3) is 0.800. The smallest absolute Gasteiger partial charge is 0.333 e. The van der Waals surface area contributed by atoms with Gasteiger partial charge in [-0.1, -0.05) is 34.3 Å². The van der Waals surface area contributed by atoms with E-state index in [1.54, 1.807) is 6.92 Å². The highest BCUT2D eigenvalue weighted by molar-refractivity contribution is 5.87. The van der Waals surface area contributed by atoms with Gasteiger partial charge in [-0.2, -0.15) is 0 Å². The maximum absolute atomic E-state index is 11.8. The van der Waals surface area contributed by atoms with Crippen LogP contribution in [0.5, 0.6) is 0 Å². The molecule has 0 saturated heterocycles. The first-order valence-corrected chi connectivity index (χ1v) is 6.42. The van der Waals surface area contributed by atoms with Crippen LogP contribution in [0.25, 0.3) is 0 Å². The summed E-state index contributed by atoms with van der Waals surface area (Å²) in [5.41, 5.74) is 0.217. The third-order valence-corrected chi connectivity index (χ3v) is 5.14. The van der Waals surface area contributed by atoms with Crippen molar-refractivity contribution in [1.82, 2.24) is 0 Å². The number of hydrogen-bond acceptors (Lipinski definition) is 2. The normalized spacial score (nSPS) is 30.7. The summed E-state index contributed by atoms with van der Waals surface area (Å²) in [6, 6.07) is 0. The van der Waals surface area contributed by atoms with Gasteiger partial charge in [0, 0.05) is 11.0 Å². The Morgan fingerprint density at radius 2 is 1.65 bits per heavy atom. The summed E-state index contributed by atoms with van der Waals surface area (Å²) in [6.07, 6.45) is 3.22. The Balaban J connectivity index is 3.01. The predicted molar refractivity (Wildman–Crippen MR) is 70.7 cm³/mol. The van der Waals surface area contributed by atoms with Gasteiger partial charge in [0.2, 0.25) is 0 Å². The maximum Gasteiger partial charge on any atom is 0.333 e. The second-order valence-corrected chi connectivity index (χ2v) is 6.76. The number of rotatable bonds is 2. The second kappa shape index (κ2) is 4.15. The Kier molecular flexibility index (Phi) is 3.48. The summed E-state index contributed by atoms with van der Waals surface area (Å²) in [7, 11) is 0. The molecule has 1 atom stereocenters. The molecule has 0 aromatic heterocycles. The molecular weight excluding hydrogens is 212 g/mol. The highest BCUT2D eigenvalue weighted by Gasteiger charge is 2.55. The van der Waals surface area contributed by atoms with E-state index in [1.165, 1.54) is 6.42 Å². The van der Waals surface area contributed by atoms with Gasteiger partial charge in [0.1, 0.15) is 5.60 Å². The van der Waals surface area contributed by atoms with Crippen LogP contribution < -0.4 is 0 Å². The minimum absolute atomic E-state index is 0.0383. The maximum atomic E-state index is 11.8. The van der Waals surface area contributed by atoms with E-state index < -0.39 is 5.60 Å². The fourth-order valence-corrected chi connectivity index (χ4v) is 2.68.